The highest BCUT2D eigenvalue weighted by molar-refractivity contribution is 7.18. The van der Waals surface area contributed by atoms with Crippen LogP contribution in [0, 0.1) is 11.3 Å². The lowest BCUT2D eigenvalue weighted by Gasteiger charge is -2.32. The van der Waals surface area contributed by atoms with Crippen molar-refractivity contribution in [3.05, 3.63) is 82.6 Å². The summed E-state index contributed by atoms with van der Waals surface area (Å²) in [5, 5.41) is 10.6. The van der Waals surface area contributed by atoms with E-state index in [1.807, 2.05) is 24.3 Å². The molecule has 2 aromatic heterocycles. The van der Waals surface area contributed by atoms with Crippen LogP contribution in [-0.2, 0) is 13.2 Å². The molecule has 2 aromatic carbocycles. The minimum Gasteiger partial charge on any atom is -0.459 e. The number of rotatable bonds is 7. The van der Waals surface area contributed by atoms with E-state index in [0.717, 1.165) is 53.5 Å². The van der Waals surface area contributed by atoms with Gasteiger partial charge in [0.1, 0.15) is 17.5 Å². The SMILES string of the molecule is CN1CCN(Cc2cccc(COc3nccc(C(C#N)c4nc5ccccc5s4)n3)c2)CC1. The second-order valence-electron chi connectivity index (χ2n) is 8.53. The van der Waals surface area contributed by atoms with Gasteiger partial charge in [0.05, 0.1) is 22.0 Å². The number of thiazole rings is 1. The monoisotopic (exact) mass is 470 g/mol. The first-order valence-electron chi connectivity index (χ1n) is 11.4. The van der Waals surface area contributed by atoms with Crippen LogP contribution in [0.25, 0.3) is 10.2 Å². The standard InChI is InChI=1S/C26H26N6OS/c1-31-11-13-32(14-12-31)17-19-5-4-6-20(15-19)18-33-26-28-10-9-22(30-26)21(16-27)25-29-23-7-2-3-8-24(23)34-25/h2-10,15,21H,11-14,17-18H2,1H3. The number of nitriles is 1. The maximum Gasteiger partial charge on any atom is 0.316 e. The third-order valence-corrected chi connectivity index (χ3v) is 7.10. The van der Waals surface area contributed by atoms with Gasteiger partial charge in [0.2, 0.25) is 0 Å². The van der Waals surface area contributed by atoms with Gasteiger partial charge in [-0.1, -0.05) is 36.4 Å². The first kappa shape index (κ1) is 22.4. The van der Waals surface area contributed by atoms with E-state index < -0.39 is 5.92 Å². The van der Waals surface area contributed by atoms with E-state index in [1.54, 1.807) is 12.3 Å². The molecule has 1 aliphatic heterocycles. The number of hydrogen-bond donors (Lipinski definition) is 0. The van der Waals surface area contributed by atoms with Crippen molar-refractivity contribution >= 4 is 21.6 Å². The normalized spacial score (nSPS) is 15.8. The predicted octanol–water partition coefficient (Wildman–Crippen LogP) is 4.07. The number of hydrogen-bond acceptors (Lipinski definition) is 8. The molecule has 5 rings (SSSR count). The Kier molecular flexibility index (Phi) is 6.77. The summed E-state index contributed by atoms with van der Waals surface area (Å²) in [4.78, 5) is 18.3. The Hall–Kier alpha value is -3.38. The molecule has 1 unspecified atom stereocenters. The van der Waals surface area contributed by atoms with Crippen molar-refractivity contribution in [2.75, 3.05) is 33.2 Å². The summed E-state index contributed by atoms with van der Waals surface area (Å²) in [6, 6.07) is 20.7. The van der Waals surface area contributed by atoms with Crippen molar-refractivity contribution < 1.29 is 4.74 Å². The van der Waals surface area contributed by atoms with E-state index in [2.05, 4.69) is 62.1 Å². The van der Waals surface area contributed by atoms with Gasteiger partial charge in [-0.15, -0.1) is 11.3 Å². The van der Waals surface area contributed by atoms with Crippen molar-refractivity contribution in [1.29, 1.82) is 5.26 Å². The van der Waals surface area contributed by atoms with E-state index >= 15 is 0 Å². The topological polar surface area (TPSA) is 78.2 Å². The molecule has 0 bridgehead atoms. The minimum atomic E-state index is -0.560. The third-order valence-electron chi connectivity index (χ3n) is 6.00. The molecule has 7 nitrogen and oxygen atoms in total. The van der Waals surface area contributed by atoms with Crippen molar-refractivity contribution in [1.82, 2.24) is 24.8 Å². The molecule has 0 spiro atoms. The molecular weight excluding hydrogens is 444 g/mol. The number of piperazine rings is 1. The molecule has 0 radical (unpaired) electrons. The van der Waals surface area contributed by atoms with E-state index in [0.29, 0.717) is 12.3 Å². The summed E-state index contributed by atoms with van der Waals surface area (Å²) in [7, 11) is 2.17. The summed E-state index contributed by atoms with van der Waals surface area (Å²) in [6.07, 6.45) is 1.64. The summed E-state index contributed by atoms with van der Waals surface area (Å²) < 4.78 is 6.97. The highest BCUT2D eigenvalue weighted by Crippen LogP contribution is 2.31. The molecular formula is C26H26N6OS. The first-order chi connectivity index (χ1) is 16.7. The van der Waals surface area contributed by atoms with Crippen LogP contribution in [-0.4, -0.2) is 58.0 Å². The largest absolute Gasteiger partial charge is 0.459 e. The quantitative estimate of drug-likeness (QED) is 0.403. The van der Waals surface area contributed by atoms with Crippen molar-refractivity contribution in [2.45, 2.75) is 19.1 Å². The van der Waals surface area contributed by atoms with Gasteiger partial charge in [-0.3, -0.25) is 4.90 Å². The Labute approximate surface area is 203 Å². The van der Waals surface area contributed by atoms with E-state index in [-0.39, 0.29) is 6.01 Å². The van der Waals surface area contributed by atoms with Gasteiger partial charge >= 0.3 is 6.01 Å². The maximum absolute atomic E-state index is 9.85. The van der Waals surface area contributed by atoms with Crippen LogP contribution >= 0.6 is 11.3 Å². The van der Waals surface area contributed by atoms with Crippen LogP contribution < -0.4 is 4.74 Å². The number of aromatic nitrogens is 3. The van der Waals surface area contributed by atoms with Gasteiger partial charge in [-0.25, -0.2) is 9.97 Å². The number of ether oxygens (including phenoxy) is 1. The Balaban J connectivity index is 1.26. The van der Waals surface area contributed by atoms with Crippen molar-refractivity contribution in [2.24, 2.45) is 0 Å². The summed E-state index contributed by atoms with van der Waals surface area (Å²) in [5.74, 6) is -0.560. The van der Waals surface area contributed by atoms with Gasteiger partial charge in [-0.2, -0.15) is 10.2 Å². The maximum atomic E-state index is 9.85. The molecule has 0 amide bonds. The van der Waals surface area contributed by atoms with E-state index in [9.17, 15) is 5.26 Å². The zero-order valence-electron chi connectivity index (χ0n) is 19.1. The molecule has 0 N–H and O–H groups in total. The number of para-hydroxylation sites is 1. The smallest absolute Gasteiger partial charge is 0.316 e. The number of nitrogens with zero attached hydrogens (tertiary/aromatic N) is 6. The van der Waals surface area contributed by atoms with Crippen LogP contribution in [0.2, 0.25) is 0 Å². The molecule has 172 valence electrons. The van der Waals surface area contributed by atoms with E-state index in [4.69, 9.17) is 4.74 Å². The molecule has 0 aliphatic carbocycles. The van der Waals surface area contributed by atoms with Gasteiger partial charge in [-0.05, 0) is 36.4 Å². The number of likely N-dealkylation sites (N-methyl/N-ethyl adjacent to an activating group) is 1. The van der Waals surface area contributed by atoms with Gasteiger partial charge in [0, 0.05) is 38.9 Å². The molecule has 34 heavy (non-hydrogen) atoms. The molecule has 0 saturated carbocycles. The highest BCUT2D eigenvalue weighted by Gasteiger charge is 2.20. The molecule has 1 fully saturated rings. The van der Waals surface area contributed by atoms with Crippen LogP contribution in [0.15, 0.2) is 60.8 Å². The Morgan fingerprint density at radius 1 is 1.03 bits per heavy atom. The zero-order valence-corrected chi connectivity index (χ0v) is 19.9. The average Bonchev–Trinajstić information content (AvgIpc) is 3.29. The molecule has 4 aromatic rings. The lowest BCUT2D eigenvalue weighted by molar-refractivity contribution is 0.148. The third kappa shape index (κ3) is 5.23. The van der Waals surface area contributed by atoms with Gasteiger partial charge < -0.3 is 9.64 Å². The summed E-state index contributed by atoms with van der Waals surface area (Å²) in [6.45, 7) is 5.71. The first-order valence-corrected chi connectivity index (χ1v) is 12.2. The second-order valence-corrected chi connectivity index (χ2v) is 9.60. The lowest BCUT2D eigenvalue weighted by Crippen LogP contribution is -2.43. The molecule has 1 saturated heterocycles. The number of benzene rings is 2. The fraction of sp³-hybridized carbons (Fsp3) is 0.308. The molecule has 8 heteroatoms. The highest BCUT2D eigenvalue weighted by atomic mass is 32.1. The second kappa shape index (κ2) is 10.3. The Morgan fingerprint density at radius 3 is 2.68 bits per heavy atom. The van der Waals surface area contributed by atoms with Crippen molar-refractivity contribution in [3.8, 4) is 12.1 Å². The van der Waals surface area contributed by atoms with Gasteiger partial charge in [0.15, 0.2) is 0 Å². The van der Waals surface area contributed by atoms with Crippen LogP contribution in [0.4, 0.5) is 0 Å². The molecule has 1 atom stereocenters. The van der Waals surface area contributed by atoms with Crippen molar-refractivity contribution in [3.63, 3.8) is 0 Å². The number of fused-ring (bicyclic) bond motifs is 1. The lowest BCUT2D eigenvalue weighted by atomic mass is 10.1. The Morgan fingerprint density at radius 2 is 1.85 bits per heavy atom. The predicted molar refractivity (Wildman–Crippen MR) is 133 cm³/mol. The minimum absolute atomic E-state index is 0.267. The summed E-state index contributed by atoms with van der Waals surface area (Å²) in [5.41, 5.74) is 3.84. The van der Waals surface area contributed by atoms with Crippen LogP contribution in [0.3, 0.4) is 0 Å². The molecule has 1 aliphatic rings. The Bertz CT molecular complexity index is 1270. The van der Waals surface area contributed by atoms with E-state index in [1.165, 1.54) is 16.9 Å². The summed E-state index contributed by atoms with van der Waals surface area (Å²) >= 11 is 1.52. The van der Waals surface area contributed by atoms with Crippen LogP contribution in [0.1, 0.15) is 27.7 Å². The van der Waals surface area contributed by atoms with Gasteiger partial charge in [0.25, 0.3) is 0 Å². The molecule has 3 heterocycles. The van der Waals surface area contributed by atoms with Crippen LogP contribution in [0.5, 0.6) is 6.01 Å². The fourth-order valence-electron chi connectivity index (χ4n) is 4.08. The average molecular weight is 471 g/mol. The zero-order chi connectivity index (χ0) is 23.3. The fourth-order valence-corrected chi connectivity index (χ4v) is 5.10.